The van der Waals surface area contributed by atoms with Crippen molar-refractivity contribution in [3.8, 4) is 0 Å². The molecule has 41 heavy (non-hydrogen) atoms. The predicted octanol–water partition coefficient (Wildman–Crippen LogP) is -2.81. The van der Waals surface area contributed by atoms with E-state index in [1.54, 1.807) is 0 Å². The van der Waals surface area contributed by atoms with E-state index in [4.69, 9.17) is 24.7 Å². The molecule has 2 aliphatic rings. The molecule has 0 saturated carbocycles. The second kappa shape index (κ2) is 12.0. The van der Waals surface area contributed by atoms with Gasteiger partial charge in [-0.05, 0) is 12.1 Å². The van der Waals surface area contributed by atoms with Crippen molar-refractivity contribution in [2.24, 2.45) is 5.73 Å². The van der Waals surface area contributed by atoms with E-state index in [-0.39, 0.29) is 5.69 Å². The molecule has 1 aromatic carbocycles. The first kappa shape index (κ1) is 29.5. The van der Waals surface area contributed by atoms with Gasteiger partial charge in [-0.1, -0.05) is 12.1 Å². The smallest absolute Gasteiger partial charge is 0.330 e. The fraction of sp³-hybridized carbons (Fsp3) is 0.391. The molecule has 18 nitrogen and oxygen atoms in total. The van der Waals surface area contributed by atoms with Crippen LogP contribution in [0.3, 0.4) is 0 Å². The summed E-state index contributed by atoms with van der Waals surface area (Å²) < 4.78 is 22.7. The molecule has 8 atom stereocenters. The number of para-hydroxylation sites is 2. The normalized spacial score (nSPS) is 28.3. The minimum Gasteiger partial charge on any atom is -0.456 e. The zero-order valence-electron chi connectivity index (χ0n) is 21.1. The SMILES string of the molecule is CO[C@H]1[C@@H](O)[C@H](n2ccc(=O)[nH]c2=O)O[C@@H]1[C@@H](O[C@H]1OC(C(=O)Nc2ccccc2[N+](=O)[O-])=C[C@H](O)[C@@H]1O)C(N)=O. The van der Waals surface area contributed by atoms with Gasteiger partial charge in [0.05, 0.1) is 4.92 Å². The number of methoxy groups -OCH3 is 1. The predicted molar refractivity (Wildman–Crippen MR) is 133 cm³/mol. The van der Waals surface area contributed by atoms with Gasteiger partial charge in [-0.15, -0.1) is 0 Å². The number of benzene rings is 1. The van der Waals surface area contributed by atoms with Gasteiger partial charge in [0.25, 0.3) is 17.2 Å². The average molecular weight is 579 g/mol. The highest BCUT2D eigenvalue weighted by Crippen LogP contribution is 2.34. The number of aromatic amines is 1. The van der Waals surface area contributed by atoms with Crippen molar-refractivity contribution in [2.45, 2.75) is 49.1 Å². The third-order valence-electron chi connectivity index (χ3n) is 6.27. The molecule has 220 valence electrons. The highest BCUT2D eigenvalue weighted by atomic mass is 16.7. The van der Waals surface area contributed by atoms with Gasteiger partial charge in [0.1, 0.15) is 36.2 Å². The first-order valence-electron chi connectivity index (χ1n) is 11.8. The lowest BCUT2D eigenvalue weighted by molar-refractivity contribution is -0.383. The molecule has 2 amide bonds. The van der Waals surface area contributed by atoms with Crippen LogP contribution in [0.25, 0.3) is 0 Å². The lowest BCUT2D eigenvalue weighted by atomic mass is 10.0. The molecule has 3 heterocycles. The molecule has 2 aromatic rings. The van der Waals surface area contributed by atoms with Crippen molar-refractivity contribution < 1.29 is 48.8 Å². The van der Waals surface area contributed by atoms with Crippen molar-refractivity contribution >= 4 is 23.2 Å². The molecular formula is C23H25N5O13. The summed E-state index contributed by atoms with van der Waals surface area (Å²) in [5.74, 6) is -2.89. The third kappa shape index (κ3) is 6.01. The van der Waals surface area contributed by atoms with Crippen LogP contribution in [0, 0.1) is 10.1 Å². The summed E-state index contributed by atoms with van der Waals surface area (Å²) in [6.07, 6.45) is -11.5. The van der Waals surface area contributed by atoms with E-state index in [0.29, 0.717) is 0 Å². The number of aliphatic hydroxyl groups is 3. The van der Waals surface area contributed by atoms with Crippen molar-refractivity contribution in [1.29, 1.82) is 0 Å². The quantitative estimate of drug-likeness (QED) is 0.129. The Balaban J connectivity index is 1.56. The van der Waals surface area contributed by atoms with Crippen molar-refractivity contribution in [1.82, 2.24) is 9.55 Å². The lowest BCUT2D eigenvalue weighted by Crippen LogP contribution is -2.53. The molecule has 18 heteroatoms. The number of hydrogen-bond donors (Lipinski definition) is 6. The second-order valence-electron chi connectivity index (χ2n) is 8.89. The molecule has 1 saturated heterocycles. The number of hydrogen-bond acceptors (Lipinski definition) is 13. The highest BCUT2D eigenvalue weighted by Gasteiger charge is 2.52. The zero-order chi connectivity index (χ0) is 30.0. The van der Waals surface area contributed by atoms with Crippen LogP contribution in [0.2, 0.25) is 0 Å². The maximum absolute atomic E-state index is 12.8. The Morgan fingerprint density at radius 3 is 2.54 bits per heavy atom. The fourth-order valence-electron chi connectivity index (χ4n) is 4.31. The summed E-state index contributed by atoms with van der Waals surface area (Å²) in [6, 6.07) is 6.19. The highest BCUT2D eigenvalue weighted by molar-refractivity contribution is 6.03. The van der Waals surface area contributed by atoms with Crippen LogP contribution >= 0.6 is 0 Å². The van der Waals surface area contributed by atoms with E-state index < -0.39 is 88.6 Å². The van der Waals surface area contributed by atoms with Gasteiger partial charge >= 0.3 is 5.69 Å². The van der Waals surface area contributed by atoms with Crippen LogP contribution in [0.5, 0.6) is 0 Å². The van der Waals surface area contributed by atoms with Gasteiger partial charge in [0.2, 0.25) is 12.2 Å². The van der Waals surface area contributed by atoms with Crippen LogP contribution in [-0.4, -0.2) is 91.6 Å². The van der Waals surface area contributed by atoms with Gasteiger partial charge in [-0.2, -0.15) is 0 Å². The van der Waals surface area contributed by atoms with Crippen LogP contribution in [0.15, 0.2) is 58.0 Å². The first-order chi connectivity index (χ1) is 19.4. The number of amides is 2. The maximum Gasteiger partial charge on any atom is 0.330 e. The lowest BCUT2D eigenvalue weighted by Gasteiger charge is -2.35. The number of primary amides is 1. The fourth-order valence-corrected chi connectivity index (χ4v) is 4.31. The van der Waals surface area contributed by atoms with Crippen LogP contribution in [0.4, 0.5) is 11.4 Å². The Morgan fingerprint density at radius 2 is 1.90 bits per heavy atom. The summed E-state index contributed by atoms with van der Waals surface area (Å²) in [5.41, 5.74) is 3.21. The molecular weight excluding hydrogens is 554 g/mol. The number of nitrogens with one attached hydrogen (secondary N) is 2. The molecule has 2 aliphatic heterocycles. The number of H-pyrrole nitrogens is 1. The van der Waals surface area contributed by atoms with Gasteiger partial charge < -0.3 is 45.3 Å². The van der Waals surface area contributed by atoms with Gasteiger partial charge in [0.15, 0.2) is 18.1 Å². The zero-order valence-corrected chi connectivity index (χ0v) is 21.1. The van der Waals surface area contributed by atoms with Gasteiger partial charge in [0, 0.05) is 25.4 Å². The number of anilines is 1. The first-order valence-corrected chi connectivity index (χ1v) is 11.8. The Morgan fingerprint density at radius 1 is 1.20 bits per heavy atom. The van der Waals surface area contributed by atoms with Crippen molar-refractivity contribution in [3.05, 3.63) is 79.3 Å². The van der Waals surface area contributed by atoms with Crippen LogP contribution < -0.4 is 22.3 Å². The van der Waals surface area contributed by atoms with E-state index in [1.807, 2.05) is 4.98 Å². The molecule has 0 aliphatic carbocycles. The standard InChI is InChI=1S/C23H25N5O13/c1-38-16-15(32)21(27-7-6-13(30)26-23(27)35)40-17(16)18(19(24)33)41-22-14(31)11(29)8-12(39-22)20(34)25-9-4-2-3-5-10(9)28(36)37/h2-8,11,14-18,21-22,29,31-32H,1H3,(H2,24,33)(H,25,34)(H,26,30,35)/t11-,14-,15+,16-,17-,18+,21+,22+/m0/s1. The average Bonchev–Trinajstić information content (AvgIpc) is 3.24. The molecule has 0 radical (unpaired) electrons. The van der Waals surface area contributed by atoms with E-state index in [2.05, 4.69) is 5.32 Å². The Kier molecular flexibility index (Phi) is 8.61. The Labute approximate surface area is 228 Å². The Hall–Kier alpha value is -4.46. The topological polar surface area (TPSA) is 268 Å². The molecule has 7 N–H and O–H groups in total. The number of nitro groups is 1. The van der Waals surface area contributed by atoms with E-state index in [0.717, 1.165) is 36.1 Å². The Bertz CT molecular complexity index is 1470. The van der Waals surface area contributed by atoms with Crippen LogP contribution in [-0.2, 0) is 28.5 Å². The minimum absolute atomic E-state index is 0.195. The van der Waals surface area contributed by atoms with E-state index in [9.17, 15) is 44.6 Å². The van der Waals surface area contributed by atoms with E-state index >= 15 is 0 Å². The minimum atomic E-state index is -1.92. The third-order valence-corrected chi connectivity index (χ3v) is 6.27. The molecule has 1 aromatic heterocycles. The molecule has 0 unspecified atom stereocenters. The number of nitro benzene ring substituents is 1. The number of carbonyl (C=O) groups excluding carboxylic acids is 2. The van der Waals surface area contributed by atoms with Crippen LogP contribution in [0.1, 0.15) is 6.23 Å². The maximum atomic E-state index is 12.8. The molecule has 1 fully saturated rings. The summed E-state index contributed by atoms with van der Waals surface area (Å²) in [6.45, 7) is 0. The number of nitrogens with two attached hydrogens (primary N) is 1. The second-order valence-corrected chi connectivity index (χ2v) is 8.89. The summed E-state index contributed by atoms with van der Waals surface area (Å²) in [5, 5.41) is 45.1. The summed E-state index contributed by atoms with van der Waals surface area (Å²) in [7, 11) is 1.16. The molecule has 0 bridgehead atoms. The summed E-state index contributed by atoms with van der Waals surface area (Å²) in [4.78, 5) is 61.4. The van der Waals surface area contributed by atoms with Crippen molar-refractivity contribution in [2.75, 3.05) is 12.4 Å². The molecule has 0 spiro atoms. The van der Waals surface area contributed by atoms with Gasteiger partial charge in [-0.3, -0.25) is 34.0 Å². The molecule has 4 rings (SSSR count). The number of nitrogens with zero attached hydrogens (tertiary/aromatic N) is 2. The number of rotatable bonds is 9. The van der Waals surface area contributed by atoms with Crippen molar-refractivity contribution in [3.63, 3.8) is 0 Å². The monoisotopic (exact) mass is 579 g/mol. The summed E-state index contributed by atoms with van der Waals surface area (Å²) >= 11 is 0. The van der Waals surface area contributed by atoms with Gasteiger partial charge in [-0.25, -0.2) is 4.79 Å². The number of carbonyl (C=O) groups is 2. The number of aliphatic hydroxyl groups excluding tert-OH is 3. The van der Waals surface area contributed by atoms with E-state index in [1.165, 1.54) is 18.2 Å². The number of aromatic nitrogens is 2. The number of ether oxygens (including phenoxy) is 4. The largest absolute Gasteiger partial charge is 0.456 e.